The van der Waals surface area contributed by atoms with E-state index in [1.165, 1.54) is 0 Å². The molecule has 0 unspecified atom stereocenters. The van der Waals surface area contributed by atoms with Gasteiger partial charge in [0.15, 0.2) is 0 Å². The summed E-state index contributed by atoms with van der Waals surface area (Å²) in [5.74, 6) is 0. The minimum absolute atomic E-state index is 0.103. The molecule has 0 bridgehead atoms. The van der Waals surface area contributed by atoms with Crippen LogP contribution < -0.4 is 0 Å². The molecule has 13 heavy (non-hydrogen) atoms. The van der Waals surface area contributed by atoms with Gasteiger partial charge in [-0.05, 0) is 25.0 Å². The van der Waals surface area contributed by atoms with Gasteiger partial charge in [0.2, 0.25) is 6.54 Å². The normalized spacial score (nSPS) is 10.2. The van der Waals surface area contributed by atoms with Crippen LogP contribution in [0, 0.1) is 10.1 Å². The van der Waals surface area contributed by atoms with Crippen molar-refractivity contribution in [3.63, 3.8) is 0 Å². The molecule has 0 radical (unpaired) electrons. The summed E-state index contributed by atoms with van der Waals surface area (Å²) < 4.78 is 2.09. The van der Waals surface area contributed by atoms with Crippen molar-refractivity contribution < 1.29 is 4.92 Å². The largest absolute Gasteiger partial charge is 0.354 e. The summed E-state index contributed by atoms with van der Waals surface area (Å²) >= 11 is 0. The van der Waals surface area contributed by atoms with Crippen molar-refractivity contribution >= 4 is 0 Å². The Morgan fingerprint density at radius 1 is 1.15 bits per heavy atom. The molecular formula is C9H14N2O2. The zero-order chi connectivity index (χ0) is 9.52. The fourth-order valence-electron chi connectivity index (χ4n) is 1.23. The maximum absolute atomic E-state index is 9.99. The van der Waals surface area contributed by atoms with E-state index in [4.69, 9.17) is 0 Å². The molecule has 4 heteroatoms. The molecule has 0 amide bonds. The fourth-order valence-corrected chi connectivity index (χ4v) is 1.23. The van der Waals surface area contributed by atoms with Gasteiger partial charge in [-0.15, -0.1) is 0 Å². The van der Waals surface area contributed by atoms with Crippen molar-refractivity contribution in [2.75, 3.05) is 6.54 Å². The third-order valence-corrected chi connectivity index (χ3v) is 1.92. The van der Waals surface area contributed by atoms with E-state index in [0.717, 1.165) is 19.4 Å². The zero-order valence-corrected chi connectivity index (χ0v) is 7.56. The van der Waals surface area contributed by atoms with Gasteiger partial charge in [0.05, 0.1) is 0 Å². The summed E-state index contributed by atoms with van der Waals surface area (Å²) in [5, 5.41) is 9.99. The minimum Gasteiger partial charge on any atom is -0.354 e. The van der Waals surface area contributed by atoms with Crippen molar-refractivity contribution in [1.29, 1.82) is 0 Å². The molecule has 0 aromatic carbocycles. The average Bonchev–Trinajstić information content (AvgIpc) is 2.55. The summed E-state index contributed by atoms with van der Waals surface area (Å²) in [6.07, 6.45) is 6.65. The van der Waals surface area contributed by atoms with Crippen molar-refractivity contribution in [2.24, 2.45) is 0 Å². The highest BCUT2D eigenvalue weighted by Gasteiger charge is 1.96. The molecule has 0 atom stereocenters. The molecule has 0 fully saturated rings. The predicted molar refractivity (Wildman–Crippen MR) is 50.1 cm³/mol. The molecule has 1 aromatic heterocycles. The van der Waals surface area contributed by atoms with Crippen LogP contribution in [0.15, 0.2) is 24.5 Å². The van der Waals surface area contributed by atoms with Crippen molar-refractivity contribution in [3.05, 3.63) is 34.6 Å². The lowest BCUT2D eigenvalue weighted by Gasteiger charge is -2.00. The highest BCUT2D eigenvalue weighted by atomic mass is 16.6. The van der Waals surface area contributed by atoms with Gasteiger partial charge >= 0.3 is 0 Å². The second-order valence-electron chi connectivity index (χ2n) is 3.04. The van der Waals surface area contributed by atoms with Crippen LogP contribution in [-0.4, -0.2) is 16.0 Å². The Balaban J connectivity index is 1.99. The lowest BCUT2D eigenvalue weighted by molar-refractivity contribution is -0.480. The third-order valence-electron chi connectivity index (χ3n) is 1.92. The van der Waals surface area contributed by atoms with E-state index in [0.29, 0.717) is 6.42 Å². The Kier molecular flexibility index (Phi) is 4.02. The zero-order valence-electron chi connectivity index (χ0n) is 7.56. The van der Waals surface area contributed by atoms with Crippen LogP contribution in [-0.2, 0) is 6.54 Å². The van der Waals surface area contributed by atoms with Gasteiger partial charge < -0.3 is 4.57 Å². The summed E-state index contributed by atoms with van der Waals surface area (Å²) in [4.78, 5) is 9.74. The molecule has 72 valence electrons. The Labute approximate surface area is 77.3 Å². The minimum atomic E-state index is -0.254. The van der Waals surface area contributed by atoms with Gasteiger partial charge in [0.1, 0.15) is 0 Å². The smallest absolute Gasteiger partial charge is 0.203 e. The lowest BCUT2D eigenvalue weighted by Crippen LogP contribution is -2.01. The Bertz CT molecular complexity index is 244. The first-order chi connectivity index (χ1) is 6.29. The van der Waals surface area contributed by atoms with Crippen LogP contribution in [0.2, 0.25) is 0 Å². The molecular weight excluding hydrogens is 168 g/mol. The number of aromatic nitrogens is 1. The number of hydrogen-bond acceptors (Lipinski definition) is 2. The van der Waals surface area contributed by atoms with Gasteiger partial charge in [0, 0.05) is 30.3 Å². The molecule has 1 aromatic rings. The van der Waals surface area contributed by atoms with Gasteiger partial charge in [-0.3, -0.25) is 10.1 Å². The maximum atomic E-state index is 9.99. The summed E-state index contributed by atoms with van der Waals surface area (Å²) in [7, 11) is 0. The van der Waals surface area contributed by atoms with E-state index >= 15 is 0 Å². The van der Waals surface area contributed by atoms with E-state index in [9.17, 15) is 10.1 Å². The van der Waals surface area contributed by atoms with Gasteiger partial charge in [-0.1, -0.05) is 0 Å². The maximum Gasteiger partial charge on any atom is 0.203 e. The van der Waals surface area contributed by atoms with E-state index in [1.807, 2.05) is 24.5 Å². The van der Waals surface area contributed by atoms with Crippen LogP contribution in [0.3, 0.4) is 0 Å². The first kappa shape index (κ1) is 9.77. The van der Waals surface area contributed by atoms with Gasteiger partial charge in [0.25, 0.3) is 0 Å². The first-order valence-corrected chi connectivity index (χ1v) is 4.51. The fraction of sp³-hybridized carbons (Fsp3) is 0.556. The van der Waals surface area contributed by atoms with Crippen LogP contribution >= 0.6 is 0 Å². The van der Waals surface area contributed by atoms with E-state index < -0.39 is 0 Å². The van der Waals surface area contributed by atoms with E-state index in [-0.39, 0.29) is 11.5 Å². The van der Waals surface area contributed by atoms with Crippen LogP contribution in [0.1, 0.15) is 19.3 Å². The summed E-state index contributed by atoms with van der Waals surface area (Å²) in [6, 6.07) is 3.97. The molecule has 0 aliphatic rings. The molecule has 1 rings (SSSR count). The second kappa shape index (κ2) is 5.35. The number of hydrogen-bond donors (Lipinski definition) is 0. The molecule has 0 spiro atoms. The highest BCUT2D eigenvalue weighted by molar-refractivity contribution is 4.89. The van der Waals surface area contributed by atoms with Crippen LogP contribution in [0.5, 0.6) is 0 Å². The van der Waals surface area contributed by atoms with Crippen molar-refractivity contribution in [2.45, 2.75) is 25.8 Å². The number of aryl methyl sites for hydroxylation is 1. The van der Waals surface area contributed by atoms with Crippen LogP contribution in [0.4, 0.5) is 0 Å². The average molecular weight is 182 g/mol. The first-order valence-electron chi connectivity index (χ1n) is 4.51. The number of nitrogens with zero attached hydrogens (tertiary/aromatic N) is 2. The van der Waals surface area contributed by atoms with Gasteiger partial charge in [-0.25, -0.2) is 0 Å². The molecule has 0 saturated heterocycles. The Morgan fingerprint density at radius 2 is 1.85 bits per heavy atom. The quantitative estimate of drug-likeness (QED) is 0.383. The van der Waals surface area contributed by atoms with E-state index in [2.05, 4.69) is 4.57 Å². The van der Waals surface area contributed by atoms with Crippen molar-refractivity contribution in [3.8, 4) is 0 Å². The van der Waals surface area contributed by atoms with Crippen LogP contribution in [0.25, 0.3) is 0 Å². The molecule has 0 N–H and O–H groups in total. The lowest BCUT2D eigenvalue weighted by atomic mass is 10.2. The number of nitro groups is 1. The topological polar surface area (TPSA) is 48.1 Å². The monoisotopic (exact) mass is 182 g/mol. The predicted octanol–water partition coefficient (Wildman–Crippen LogP) is 1.94. The Morgan fingerprint density at radius 3 is 2.46 bits per heavy atom. The number of unbranched alkanes of at least 4 members (excludes halogenated alkanes) is 2. The molecule has 0 saturated carbocycles. The molecule has 1 heterocycles. The Hall–Kier alpha value is -1.32. The second-order valence-corrected chi connectivity index (χ2v) is 3.04. The standard InChI is InChI=1S/C9H14N2O2/c12-11(13)9-3-1-2-6-10-7-4-5-8-10/h4-5,7-8H,1-3,6,9H2. The SMILES string of the molecule is O=[N+]([O-])CCCCCn1cccc1. The highest BCUT2D eigenvalue weighted by Crippen LogP contribution is 1.99. The van der Waals surface area contributed by atoms with Crippen molar-refractivity contribution in [1.82, 2.24) is 4.57 Å². The third kappa shape index (κ3) is 4.30. The summed E-state index contributed by atoms with van der Waals surface area (Å²) in [6.45, 7) is 1.07. The van der Waals surface area contributed by atoms with Gasteiger partial charge in [-0.2, -0.15) is 0 Å². The molecule has 0 aliphatic heterocycles. The van der Waals surface area contributed by atoms with E-state index in [1.54, 1.807) is 0 Å². The summed E-state index contributed by atoms with van der Waals surface area (Å²) in [5.41, 5.74) is 0. The molecule has 4 nitrogen and oxygen atoms in total. The molecule has 0 aliphatic carbocycles. The number of rotatable bonds is 6.